The van der Waals surface area contributed by atoms with Crippen LogP contribution in [0.15, 0.2) is 30.3 Å². The number of hydrogen-bond acceptors (Lipinski definition) is 3. The molecule has 0 aliphatic carbocycles. The lowest BCUT2D eigenvalue weighted by Crippen LogP contribution is -2.35. The first-order valence-corrected chi connectivity index (χ1v) is 3.83. The number of benzene rings is 1. The molecule has 0 saturated carbocycles. The fourth-order valence-electron chi connectivity index (χ4n) is 0.956. The van der Waals surface area contributed by atoms with Gasteiger partial charge < -0.3 is 5.11 Å². The first-order chi connectivity index (χ1) is 6.66. The van der Waals surface area contributed by atoms with Gasteiger partial charge in [0.25, 0.3) is 0 Å². The van der Waals surface area contributed by atoms with Crippen LogP contribution >= 0.6 is 0 Å². The Kier molecular flexibility index (Phi) is 3.19. The monoisotopic (exact) mass is 195 g/mol. The van der Waals surface area contributed by atoms with Crippen molar-refractivity contribution in [3.05, 3.63) is 30.3 Å². The molecule has 1 aromatic rings. The Balaban J connectivity index is 2.93. The Bertz CT molecular complexity index is 336. The lowest BCUT2D eigenvalue weighted by Gasteiger charge is -2.16. The van der Waals surface area contributed by atoms with Gasteiger partial charge in [-0.1, -0.05) is 18.2 Å². The van der Waals surface area contributed by atoms with E-state index in [1.165, 1.54) is 7.11 Å². The van der Waals surface area contributed by atoms with Gasteiger partial charge in [0.15, 0.2) is 0 Å². The smallest absolute Gasteiger partial charge is 0.397 e. The van der Waals surface area contributed by atoms with Crippen LogP contribution in [-0.4, -0.2) is 24.1 Å². The quantitative estimate of drug-likeness (QED) is 0.556. The maximum absolute atomic E-state index is 11.1. The number of aliphatic carboxylic acids is 1. The Morgan fingerprint density at radius 1 is 1.29 bits per heavy atom. The molecule has 1 rings (SSSR count). The maximum atomic E-state index is 11.1. The van der Waals surface area contributed by atoms with Crippen molar-refractivity contribution >= 4 is 17.6 Å². The van der Waals surface area contributed by atoms with Crippen LogP contribution in [0.2, 0.25) is 0 Å². The molecule has 1 N–H and O–H groups in total. The second-order valence-electron chi connectivity index (χ2n) is 2.42. The molecule has 0 aliphatic rings. The Hall–Kier alpha value is -1.88. The fourth-order valence-corrected chi connectivity index (χ4v) is 0.956. The zero-order valence-corrected chi connectivity index (χ0v) is 7.51. The summed E-state index contributed by atoms with van der Waals surface area (Å²) in [6.45, 7) is 0. The third-order valence-corrected chi connectivity index (χ3v) is 1.54. The lowest BCUT2D eigenvalue weighted by molar-refractivity contribution is -0.151. The first kappa shape index (κ1) is 10.2. The van der Waals surface area contributed by atoms with Gasteiger partial charge in [0.2, 0.25) is 0 Å². The van der Waals surface area contributed by atoms with Crippen molar-refractivity contribution < 1.29 is 19.5 Å². The highest BCUT2D eigenvalue weighted by Crippen LogP contribution is 2.12. The van der Waals surface area contributed by atoms with Gasteiger partial charge >= 0.3 is 11.9 Å². The summed E-state index contributed by atoms with van der Waals surface area (Å²) in [5.41, 5.74) is 0.377. The molecule has 0 aromatic heterocycles. The Labute approximate surface area is 80.5 Å². The summed E-state index contributed by atoms with van der Waals surface area (Å²) in [5.74, 6) is -2.69. The van der Waals surface area contributed by atoms with Crippen molar-refractivity contribution in [2.24, 2.45) is 0 Å². The van der Waals surface area contributed by atoms with Crippen LogP contribution in [-0.2, 0) is 14.4 Å². The highest BCUT2D eigenvalue weighted by Gasteiger charge is 2.22. The normalized spacial score (nSPS) is 9.50. The van der Waals surface area contributed by atoms with Crippen molar-refractivity contribution in [1.82, 2.24) is 0 Å². The number of para-hydroxylation sites is 1. The Morgan fingerprint density at radius 3 is 2.29 bits per heavy atom. The first-order valence-electron chi connectivity index (χ1n) is 3.83. The molecule has 0 saturated heterocycles. The molecule has 0 fully saturated rings. The van der Waals surface area contributed by atoms with Crippen LogP contribution in [0.4, 0.5) is 5.69 Å². The summed E-state index contributed by atoms with van der Waals surface area (Å²) in [5, 5.41) is 9.18. The van der Waals surface area contributed by atoms with E-state index in [1.807, 2.05) is 0 Å². The minimum absolute atomic E-state index is 0.377. The van der Waals surface area contributed by atoms with Crippen molar-refractivity contribution in [1.29, 1.82) is 0 Å². The molecule has 0 atom stereocenters. The molecule has 74 valence electrons. The molecule has 0 heterocycles. The van der Waals surface area contributed by atoms with Gasteiger partial charge in [0.05, 0.1) is 12.8 Å². The van der Waals surface area contributed by atoms with Crippen LogP contribution in [0.5, 0.6) is 0 Å². The minimum Gasteiger partial charge on any atom is -0.474 e. The van der Waals surface area contributed by atoms with Crippen LogP contribution in [0.25, 0.3) is 0 Å². The predicted molar refractivity (Wildman–Crippen MR) is 48.6 cm³/mol. The molecule has 0 spiro atoms. The van der Waals surface area contributed by atoms with Crippen molar-refractivity contribution in [2.45, 2.75) is 0 Å². The zero-order chi connectivity index (χ0) is 10.6. The van der Waals surface area contributed by atoms with Crippen molar-refractivity contribution in [3.63, 3.8) is 0 Å². The summed E-state index contributed by atoms with van der Waals surface area (Å²) < 4.78 is 0. The summed E-state index contributed by atoms with van der Waals surface area (Å²) in [4.78, 5) is 26.1. The number of nitrogens with zero attached hydrogens (tertiary/aromatic N) is 1. The summed E-state index contributed by atoms with van der Waals surface area (Å²) in [7, 11) is 1.23. The molecule has 1 aromatic carbocycles. The molecule has 0 bridgehead atoms. The number of amides is 1. The number of hydroxylamine groups is 1. The van der Waals surface area contributed by atoms with E-state index in [2.05, 4.69) is 4.84 Å². The largest absolute Gasteiger partial charge is 0.474 e. The van der Waals surface area contributed by atoms with Gasteiger partial charge in [-0.2, -0.15) is 5.06 Å². The number of rotatable bonds is 2. The van der Waals surface area contributed by atoms with E-state index >= 15 is 0 Å². The molecule has 1 amide bonds. The highest BCUT2D eigenvalue weighted by atomic mass is 16.7. The van der Waals surface area contributed by atoms with Gasteiger partial charge in [-0.25, -0.2) is 4.79 Å². The summed E-state index contributed by atoms with van der Waals surface area (Å²) in [6.07, 6.45) is 0. The van der Waals surface area contributed by atoms with E-state index in [4.69, 9.17) is 5.11 Å². The number of hydrogen-bond donors (Lipinski definition) is 1. The van der Waals surface area contributed by atoms with Crippen molar-refractivity contribution in [3.8, 4) is 0 Å². The molecule has 5 nitrogen and oxygen atoms in total. The van der Waals surface area contributed by atoms with Gasteiger partial charge in [0, 0.05) is 0 Å². The third-order valence-electron chi connectivity index (χ3n) is 1.54. The minimum atomic E-state index is -1.56. The molecule has 5 heteroatoms. The van der Waals surface area contributed by atoms with E-state index in [0.29, 0.717) is 10.8 Å². The average Bonchev–Trinajstić information content (AvgIpc) is 2.20. The molecule has 14 heavy (non-hydrogen) atoms. The molecular weight excluding hydrogens is 186 g/mol. The van der Waals surface area contributed by atoms with Crippen LogP contribution in [0, 0.1) is 0 Å². The molecule has 0 aliphatic heterocycles. The average molecular weight is 195 g/mol. The number of carbonyl (C=O) groups is 2. The number of anilines is 1. The van der Waals surface area contributed by atoms with E-state index in [1.54, 1.807) is 30.3 Å². The maximum Gasteiger partial charge on any atom is 0.397 e. The number of carboxylic acid groups (broad SMARTS) is 1. The fraction of sp³-hybridized carbons (Fsp3) is 0.111. The highest BCUT2D eigenvalue weighted by molar-refractivity contribution is 6.36. The van der Waals surface area contributed by atoms with Gasteiger partial charge in [-0.3, -0.25) is 9.63 Å². The molecule has 0 radical (unpaired) electrons. The standard InChI is InChI=1S/C9H9NO4/c1-14-10(8(11)9(12)13)7-5-3-2-4-6-7/h2-6H,1H3,(H,12,13). The van der Waals surface area contributed by atoms with E-state index in [9.17, 15) is 9.59 Å². The number of carboxylic acids is 1. The third kappa shape index (κ3) is 2.08. The molecule has 0 unspecified atom stereocenters. The predicted octanol–water partition coefficient (Wildman–Crippen LogP) is 0.666. The van der Waals surface area contributed by atoms with E-state index in [-0.39, 0.29) is 0 Å². The van der Waals surface area contributed by atoms with Crippen LogP contribution in [0.1, 0.15) is 0 Å². The molecular formula is C9H9NO4. The van der Waals surface area contributed by atoms with Gasteiger partial charge in [0.1, 0.15) is 0 Å². The summed E-state index contributed by atoms with van der Waals surface area (Å²) in [6, 6.07) is 8.25. The van der Waals surface area contributed by atoms with E-state index < -0.39 is 11.9 Å². The lowest BCUT2D eigenvalue weighted by atomic mass is 10.3. The van der Waals surface area contributed by atoms with Crippen LogP contribution < -0.4 is 5.06 Å². The number of carbonyl (C=O) groups excluding carboxylic acids is 1. The zero-order valence-electron chi connectivity index (χ0n) is 7.51. The summed E-state index contributed by atoms with van der Waals surface area (Å²) >= 11 is 0. The van der Waals surface area contributed by atoms with Gasteiger partial charge in [-0.05, 0) is 12.1 Å². The SMILES string of the molecule is CON(C(=O)C(=O)O)c1ccccc1. The Morgan fingerprint density at radius 2 is 1.86 bits per heavy atom. The second kappa shape index (κ2) is 4.38. The van der Waals surface area contributed by atoms with Crippen molar-refractivity contribution in [2.75, 3.05) is 12.2 Å². The van der Waals surface area contributed by atoms with Crippen LogP contribution in [0.3, 0.4) is 0 Å². The topological polar surface area (TPSA) is 66.8 Å². The second-order valence-corrected chi connectivity index (χ2v) is 2.42. The van der Waals surface area contributed by atoms with Gasteiger partial charge in [-0.15, -0.1) is 0 Å². The van der Waals surface area contributed by atoms with E-state index in [0.717, 1.165) is 0 Å².